The molecule has 2 heterocycles. The molecule has 2 aliphatic rings. The van der Waals surface area contributed by atoms with Gasteiger partial charge in [0.2, 0.25) is 0 Å². The number of carbonyl (C=O) groups is 1. The van der Waals surface area contributed by atoms with Crippen molar-refractivity contribution in [3.05, 3.63) is 35.9 Å². The second-order valence-electron chi connectivity index (χ2n) is 5.85. The standard InChI is InChI=1S/C17H22N4O2/c18-14-16(15-4-2-1-3-5-15)19-6-8-20(9-7-19)17(22)21-10-12-23-13-11-21/h1-5,16H,6-13H2. The van der Waals surface area contributed by atoms with E-state index in [9.17, 15) is 10.1 Å². The summed E-state index contributed by atoms with van der Waals surface area (Å²) in [7, 11) is 0. The molecule has 3 rings (SSSR count). The fourth-order valence-corrected chi connectivity index (χ4v) is 3.13. The van der Waals surface area contributed by atoms with Crippen LogP contribution in [0.15, 0.2) is 30.3 Å². The molecule has 0 radical (unpaired) electrons. The van der Waals surface area contributed by atoms with Crippen molar-refractivity contribution in [1.29, 1.82) is 5.26 Å². The molecule has 122 valence electrons. The van der Waals surface area contributed by atoms with E-state index >= 15 is 0 Å². The molecule has 0 aromatic heterocycles. The van der Waals surface area contributed by atoms with Gasteiger partial charge < -0.3 is 14.5 Å². The molecule has 1 aromatic rings. The van der Waals surface area contributed by atoms with Crippen LogP contribution in [0.4, 0.5) is 4.79 Å². The van der Waals surface area contributed by atoms with Gasteiger partial charge in [0.25, 0.3) is 0 Å². The maximum Gasteiger partial charge on any atom is 0.320 e. The van der Waals surface area contributed by atoms with Crippen molar-refractivity contribution >= 4 is 6.03 Å². The molecule has 0 saturated carbocycles. The minimum atomic E-state index is -0.239. The van der Waals surface area contributed by atoms with E-state index in [1.165, 1.54) is 0 Å². The highest BCUT2D eigenvalue weighted by Gasteiger charge is 2.29. The number of hydrogen-bond acceptors (Lipinski definition) is 4. The third-order valence-electron chi connectivity index (χ3n) is 4.47. The molecule has 0 bridgehead atoms. The number of piperazine rings is 1. The van der Waals surface area contributed by atoms with Gasteiger partial charge in [0.1, 0.15) is 6.04 Å². The topological polar surface area (TPSA) is 59.8 Å². The van der Waals surface area contributed by atoms with Crippen LogP contribution in [0.1, 0.15) is 11.6 Å². The summed E-state index contributed by atoms with van der Waals surface area (Å²) in [5.41, 5.74) is 1.02. The fourth-order valence-electron chi connectivity index (χ4n) is 3.13. The van der Waals surface area contributed by atoms with Crippen molar-refractivity contribution in [3.8, 4) is 6.07 Å². The Bertz CT molecular complexity index is 558. The van der Waals surface area contributed by atoms with Crippen LogP contribution in [0.25, 0.3) is 0 Å². The lowest BCUT2D eigenvalue weighted by molar-refractivity contribution is 0.0363. The Hall–Kier alpha value is -2.10. The second kappa shape index (κ2) is 7.44. The van der Waals surface area contributed by atoms with Gasteiger partial charge in [-0.2, -0.15) is 5.26 Å². The van der Waals surface area contributed by atoms with Gasteiger partial charge >= 0.3 is 6.03 Å². The zero-order valence-electron chi connectivity index (χ0n) is 13.2. The van der Waals surface area contributed by atoms with Gasteiger partial charge in [-0.15, -0.1) is 0 Å². The van der Waals surface area contributed by atoms with Crippen LogP contribution in [0.2, 0.25) is 0 Å². The molecule has 1 atom stereocenters. The number of ether oxygens (including phenoxy) is 1. The molecular weight excluding hydrogens is 292 g/mol. The predicted octanol–water partition coefficient (Wildman–Crippen LogP) is 1.32. The zero-order chi connectivity index (χ0) is 16.1. The normalized spacial score (nSPS) is 20.8. The zero-order valence-corrected chi connectivity index (χ0v) is 13.2. The van der Waals surface area contributed by atoms with E-state index in [4.69, 9.17) is 4.74 Å². The number of rotatable bonds is 2. The quantitative estimate of drug-likeness (QED) is 0.826. The van der Waals surface area contributed by atoms with Crippen molar-refractivity contribution in [1.82, 2.24) is 14.7 Å². The third-order valence-corrected chi connectivity index (χ3v) is 4.47. The van der Waals surface area contributed by atoms with Gasteiger partial charge in [-0.3, -0.25) is 4.90 Å². The molecule has 0 spiro atoms. The minimum Gasteiger partial charge on any atom is -0.378 e. The first kappa shape index (κ1) is 15.8. The predicted molar refractivity (Wildman–Crippen MR) is 85.7 cm³/mol. The van der Waals surface area contributed by atoms with Crippen LogP contribution >= 0.6 is 0 Å². The molecule has 1 unspecified atom stereocenters. The van der Waals surface area contributed by atoms with Crippen LogP contribution in [-0.4, -0.2) is 73.2 Å². The maximum atomic E-state index is 12.5. The van der Waals surface area contributed by atoms with E-state index in [2.05, 4.69) is 11.0 Å². The summed E-state index contributed by atoms with van der Waals surface area (Å²) < 4.78 is 5.29. The molecule has 2 aliphatic heterocycles. The lowest BCUT2D eigenvalue weighted by atomic mass is 10.1. The lowest BCUT2D eigenvalue weighted by Gasteiger charge is -2.39. The highest BCUT2D eigenvalue weighted by molar-refractivity contribution is 5.74. The highest BCUT2D eigenvalue weighted by atomic mass is 16.5. The SMILES string of the molecule is N#CC(c1ccccc1)N1CCN(C(=O)N2CCOCC2)CC1. The van der Waals surface area contributed by atoms with Crippen molar-refractivity contribution in [2.24, 2.45) is 0 Å². The Morgan fingerprint density at radius 1 is 1.00 bits per heavy atom. The van der Waals surface area contributed by atoms with Crippen LogP contribution < -0.4 is 0 Å². The molecule has 1 aromatic carbocycles. The summed E-state index contributed by atoms with van der Waals surface area (Å²) in [6, 6.07) is 12.1. The molecular formula is C17H22N4O2. The van der Waals surface area contributed by atoms with E-state index in [-0.39, 0.29) is 12.1 Å². The highest BCUT2D eigenvalue weighted by Crippen LogP contribution is 2.21. The molecule has 0 aliphatic carbocycles. The summed E-state index contributed by atoms with van der Waals surface area (Å²) in [4.78, 5) is 18.4. The first-order valence-corrected chi connectivity index (χ1v) is 8.10. The van der Waals surface area contributed by atoms with Gasteiger partial charge in [0.05, 0.1) is 19.3 Å². The number of nitriles is 1. The van der Waals surface area contributed by atoms with E-state index in [1.807, 2.05) is 40.1 Å². The molecule has 6 nitrogen and oxygen atoms in total. The smallest absolute Gasteiger partial charge is 0.320 e. The number of hydrogen-bond donors (Lipinski definition) is 0. The van der Waals surface area contributed by atoms with Crippen LogP contribution in [0.3, 0.4) is 0 Å². The van der Waals surface area contributed by atoms with Crippen molar-refractivity contribution in [3.63, 3.8) is 0 Å². The van der Waals surface area contributed by atoms with Crippen molar-refractivity contribution in [2.45, 2.75) is 6.04 Å². The summed E-state index contributed by atoms with van der Waals surface area (Å²) in [5, 5.41) is 9.52. The summed E-state index contributed by atoms with van der Waals surface area (Å²) in [6.45, 7) is 5.37. The number of benzene rings is 1. The van der Waals surface area contributed by atoms with E-state index in [0.29, 0.717) is 39.4 Å². The van der Waals surface area contributed by atoms with Crippen LogP contribution in [-0.2, 0) is 4.74 Å². The average molecular weight is 314 g/mol. The largest absolute Gasteiger partial charge is 0.378 e. The van der Waals surface area contributed by atoms with Gasteiger partial charge in [0.15, 0.2) is 0 Å². The number of urea groups is 1. The Morgan fingerprint density at radius 3 is 2.22 bits per heavy atom. The summed E-state index contributed by atoms with van der Waals surface area (Å²) in [5.74, 6) is 0. The maximum absolute atomic E-state index is 12.5. The van der Waals surface area contributed by atoms with Gasteiger partial charge in [-0.1, -0.05) is 30.3 Å². The monoisotopic (exact) mass is 314 g/mol. The molecule has 2 saturated heterocycles. The lowest BCUT2D eigenvalue weighted by Crippen LogP contribution is -2.55. The Balaban J connectivity index is 1.57. The number of morpholine rings is 1. The van der Waals surface area contributed by atoms with E-state index < -0.39 is 0 Å². The van der Waals surface area contributed by atoms with Gasteiger partial charge in [-0.05, 0) is 5.56 Å². The number of carbonyl (C=O) groups excluding carboxylic acids is 1. The molecule has 2 amide bonds. The molecule has 0 N–H and O–H groups in total. The Kier molecular flexibility index (Phi) is 5.11. The number of nitrogens with zero attached hydrogens (tertiary/aromatic N) is 4. The summed E-state index contributed by atoms with van der Waals surface area (Å²) >= 11 is 0. The van der Waals surface area contributed by atoms with E-state index in [1.54, 1.807) is 0 Å². The fraction of sp³-hybridized carbons (Fsp3) is 0.529. The van der Waals surface area contributed by atoms with Crippen molar-refractivity contribution < 1.29 is 9.53 Å². The van der Waals surface area contributed by atoms with E-state index in [0.717, 1.165) is 18.7 Å². The van der Waals surface area contributed by atoms with Crippen LogP contribution in [0.5, 0.6) is 0 Å². The number of amides is 2. The third kappa shape index (κ3) is 3.63. The first-order valence-electron chi connectivity index (χ1n) is 8.10. The first-order chi connectivity index (χ1) is 11.3. The van der Waals surface area contributed by atoms with Gasteiger partial charge in [0, 0.05) is 39.3 Å². The molecule has 2 fully saturated rings. The summed E-state index contributed by atoms with van der Waals surface area (Å²) in [6.07, 6.45) is 0. The van der Waals surface area contributed by atoms with Gasteiger partial charge in [-0.25, -0.2) is 4.79 Å². The Labute approximate surface area is 136 Å². The van der Waals surface area contributed by atoms with Crippen molar-refractivity contribution in [2.75, 3.05) is 52.5 Å². The molecule has 23 heavy (non-hydrogen) atoms. The minimum absolute atomic E-state index is 0.0983. The molecule has 6 heteroatoms. The van der Waals surface area contributed by atoms with Crippen LogP contribution in [0, 0.1) is 11.3 Å². The second-order valence-corrected chi connectivity index (χ2v) is 5.85. The Morgan fingerprint density at radius 2 is 1.61 bits per heavy atom. The average Bonchev–Trinajstić information content (AvgIpc) is 2.64.